The first-order valence-corrected chi connectivity index (χ1v) is 10.6. The fourth-order valence-corrected chi connectivity index (χ4v) is 5.26. The van der Waals surface area contributed by atoms with Gasteiger partial charge in [-0.25, -0.2) is 0 Å². The normalized spacial score (nSPS) is 28.0. The van der Waals surface area contributed by atoms with E-state index in [4.69, 9.17) is 23.2 Å². The minimum absolute atomic E-state index is 0.236. The van der Waals surface area contributed by atoms with Gasteiger partial charge < -0.3 is 5.32 Å². The number of Topliss-reactive ketones (excluding diaryl/α,β-unsaturated/α-hetero) is 1. The van der Waals surface area contributed by atoms with Crippen molar-refractivity contribution in [2.24, 2.45) is 21.3 Å². The van der Waals surface area contributed by atoms with Crippen molar-refractivity contribution in [3.8, 4) is 0 Å². The number of carbonyl (C=O) groups is 2. The molecule has 2 unspecified atom stereocenters. The van der Waals surface area contributed by atoms with Gasteiger partial charge in [-0.15, -0.1) is 0 Å². The van der Waals surface area contributed by atoms with Crippen LogP contribution in [0.2, 0.25) is 10.0 Å². The fraction of sp³-hybridized carbons (Fsp3) is 0.348. The molecule has 0 spiro atoms. The number of benzene rings is 2. The van der Waals surface area contributed by atoms with Gasteiger partial charge >= 0.3 is 0 Å². The Morgan fingerprint density at radius 1 is 1.03 bits per heavy atom. The summed E-state index contributed by atoms with van der Waals surface area (Å²) in [5.74, 6) is -0.601. The molecule has 0 aliphatic heterocycles. The summed E-state index contributed by atoms with van der Waals surface area (Å²) in [6.07, 6.45) is 1.15. The average Bonchev–Trinajstić information content (AvgIpc) is 2.99. The third kappa shape index (κ3) is 2.79. The molecule has 2 fully saturated rings. The predicted molar refractivity (Wildman–Crippen MR) is 121 cm³/mol. The molecular formula is C23H23Cl2N3O2. The molecule has 1 amide bonds. The number of carbonyl (C=O) groups excluding carboxylic acids is 2. The van der Waals surface area contributed by atoms with E-state index in [2.05, 4.69) is 15.8 Å². The van der Waals surface area contributed by atoms with Crippen molar-refractivity contribution >= 4 is 52.0 Å². The number of halogens is 2. The Hall–Kier alpha value is -2.37. The zero-order valence-corrected chi connectivity index (χ0v) is 18.6. The van der Waals surface area contributed by atoms with Crippen LogP contribution in [-0.4, -0.2) is 17.4 Å². The Morgan fingerprint density at radius 3 is 2.43 bits per heavy atom. The van der Waals surface area contributed by atoms with Crippen LogP contribution in [0.15, 0.2) is 53.6 Å². The molecule has 4 rings (SSSR count). The summed E-state index contributed by atoms with van der Waals surface area (Å²) in [7, 11) is 0. The second-order valence-corrected chi connectivity index (χ2v) is 9.55. The van der Waals surface area contributed by atoms with Gasteiger partial charge in [0.15, 0.2) is 5.78 Å². The van der Waals surface area contributed by atoms with Gasteiger partial charge in [0.2, 0.25) is 5.91 Å². The van der Waals surface area contributed by atoms with Gasteiger partial charge in [-0.3, -0.25) is 15.0 Å². The first-order chi connectivity index (χ1) is 14.1. The molecule has 0 saturated heterocycles. The lowest BCUT2D eigenvalue weighted by Gasteiger charge is -2.37. The third-order valence-corrected chi connectivity index (χ3v) is 7.77. The Balaban J connectivity index is 1.71. The summed E-state index contributed by atoms with van der Waals surface area (Å²) >= 11 is 12.3. The minimum atomic E-state index is -1.22. The van der Waals surface area contributed by atoms with Crippen LogP contribution in [0.5, 0.6) is 0 Å². The first-order valence-electron chi connectivity index (χ1n) is 9.84. The molecule has 0 aromatic heterocycles. The number of para-hydroxylation sites is 1. The number of nitrogens with one attached hydrogen (secondary N) is 2. The Morgan fingerprint density at radius 2 is 1.73 bits per heavy atom. The average molecular weight is 444 g/mol. The van der Waals surface area contributed by atoms with Crippen LogP contribution in [0.1, 0.15) is 33.6 Å². The van der Waals surface area contributed by atoms with E-state index >= 15 is 0 Å². The molecule has 2 bridgehead atoms. The van der Waals surface area contributed by atoms with E-state index in [-0.39, 0.29) is 11.7 Å². The van der Waals surface area contributed by atoms with Crippen LogP contribution in [0.3, 0.4) is 0 Å². The fourth-order valence-electron chi connectivity index (χ4n) is 4.93. The highest BCUT2D eigenvalue weighted by atomic mass is 35.5. The number of nitrogens with zero attached hydrogens (tertiary/aromatic N) is 1. The third-order valence-electron chi connectivity index (χ3n) is 7.21. The molecule has 2 aliphatic carbocycles. The van der Waals surface area contributed by atoms with Gasteiger partial charge in [-0.2, -0.15) is 5.10 Å². The summed E-state index contributed by atoms with van der Waals surface area (Å²) in [6, 6.07) is 14.3. The zero-order valence-electron chi connectivity index (χ0n) is 17.1. The predicted octanol–water partition coefficient (Wildman–Crippen LogP) is 5.80. The van der Waals surface area contributed by atoms with Gasteiger partial charge in [-0.1, -0.05) is 62.2 Å². The van der Waals surface area contributed by atoms with E-state index < -0.39 is 16.2 Å². The van der Waals surface area contributed by atoms with Crippen molar-refractivity contribution in [1.29, 1.82) is 0 Å². The SMILES string of the molecule is CC12CCC(C(=O)Nc3cc(Cl)ccc3Cl)(C(=O)/C1=N\Nc1ccccc1)C2(C)C. The van der Waals surface area contributed by atoms with Gasteiger partial charge in [-0.05, 0) is 48.6 Å². The lowest BCUT2D eigenvalue weighted by Crippen LogP contribution is -2.47. The van der Waals surface area contributed by atoms with Gasteiger partial charge in [0.05, 0.1) is 16.4 Å². The smallest absolute Gasteiger partial charge is 0.239 e. The molecule has 7 heteroatoms. The quantitative estimate of drug-likeness (QED) is 0.463. The standard InChI is InChI=1S/C23H23Cl2N3O2/c1-21(2)22(3)11-12-23(21,20(30)26-17-13-14(24)9-10-16(17)25)19(29)18(22)28-27-15-7-5-4-6-8-15/h4-10,13,27H,11-12H2,1-3H3,(H,26,30)/b28-18+. The Labute approximate surface area is 185 Å². The lowest BCUT2D eigenvalue weighted by molar-refractivity contribution is -0.139. The number of hydrazone groups is 1. The molecule has 2 atom stereocenters. The van der Waals surface area contributed by atoms with E-state index in [0.717, 1.165) is 5.69 Å². The summed E-state index contributed by atoms with van der Waals surface area (Å²) in [4.78, 5) is 27.2. The van der Waals surface area contributed by atoms with Crippen molar-refractivity contribution in [3.05, 3.63) is 58.6 Å². The lowest BCUT2D eigenvalue weighted by atomic mass is 9.64. The Kier molecular flexibility index (Phi) is 4.94. The summed E-state index contributed by atoms with van der Waals surface area (Å²) < 4.78 is 0. The molecular weight excluding hydrogens is 421 g/mol. The molecule has 156 valence electrons. The van der Waals surface area contributed by atoms with Crippen molar-refractivity contribution in [2.45, 2.75) is 33.6 Å². The van der Waals surface area contributed by atoms with Crippen LogP contribution in [0, 0.1) is 16.2 Å². The second kappa shape index (κ2) is 7.10. The van der Waals surface area contributed by atoms with Crippen molar-refractivity contribution in [1.82, 2.24) is 0 Å². The maximum atomic E-state index is 13.6. The molecule has 2 saturated carbocycles. The number of anilines is 2. The van der Waals surface area contributed by atoms with Crippen molar-refractivity contribution < 1.29 is 9.59 Å². The number of amides is 1. The van der Waals surface area contributed by atoms with E-state index in [1.165, 1.54) is 0 Å². The van der Waals surface area contributed by atoms with E-state index in [0.29, 0.717) is 34.3 Å². The molecule has 2 aromatic carbocycles. The molecule has 2 aliphatic rings. The molecule has 5 nitrogen and oxygen atoms in total. The summed E-state index contributed by atoms with van der Waals surface area (Å²) in [5, 5.41) is 8.16. The van der Waals surface area contributed by atoms with E-state index in [1.807, 2.05) is 51.1 Å². The molecule has 2 aromatic rings. The largest absolute Gasteiger partial charge is 0.324 e. The van der Waals surface area contributed by atoms with Crippen LogP contribution in [0.4, 0.5) is 11.4 Å². The number of hydrogen-bond acceptors (Lipinski definition) is 4. The molecule has 2 N–H and O–H groups in total. The van der Waals surface area contributed by atoms with E-state index in [9.17, 15) is 9.59 Å². The van der Waals surface area contributed by atoms with Crippen LogP contribution < -0.4 is 10.7 Å². The summed E-state index contributed by atoms with van der Waals surface area (Å²) in [6.45, 7) is 5.97. The van der Waals surface area contributed by atoms with Crippen LogP contribution in [-0.2, 0) is 9.59 Å². The highest BCUT2D eigenvalue weighted by molar-refractivity contribution is 6.51. The Bertz CT molecular complexity index is 1070. The number of fused-ring (bicyclic) bond motifs is 2. The zero-order chi connectivity index (χ0) is 21.7. The van der Waals surface area contributed by atoms with E-state index in [1.54, 1.807) is 18.2 Å². The molecule has 0 heterocycles. The maximum Gasteiger partial charge on any atom is 0.239 e. The molecule has 30 heavy (non-hydrogen) atoms. The van der Waals surface area contributed by atoms with Gasteiger partial charge in [0.25, 0.3) is 0 Å². The summed E-state index contributed by atoms with van der Waals surface area (Å²) in [5.41, 5.74) is 2.21. The number of hydrogen-bond donors (Lipinski definition) is 2. The van der Waals surface area contributed by atoms with Crippen LogP contribution in [0.25, 0.3) is 0 Å². The minimum Gasteiger partial charge on any atom is -0.324 e. The van der Waals surface area contributed by atoms with Crippen molar-refractivity contribution in [2.75, 3.05) is 10.7 Å². The highest BCUT2D eigenvalue weighted by Gasteiger charge is 2.76. The van der Waals surface area contributed by atoms with Crippen molar-refractivity contribution in [3.63, 3.8) is 0 Å². The second-order valence-electron chi connectivity index (χ2n) is 8.71. The number of rotatable bonds is 4. The van der Waals surface area contributed by atoms with Gasteiger partial charge in [0.1, 0.15) is 11.1 Å². The monoisotopic (exact) mass is 443 g/mol. The highest BCUT2D eigenvalue weighted by Crippen LogP contribution is 2.69. The first kappa shape index (κ1) is 20.9. The molecule has 0 radical (unpaired) electrons. The van der Waals surface area contributed by atoms with Crippen LogP contribution >= 0.6 is 23.2 Å². The maximum absolute atomic E-state index is 13.6. The number of ketones is 1. The van der Waals surface area contributed by atoms with Gasteiger partial charge in [0, 0.05) is 10.4 Å². The topological polar surface area (TPSA) is 70.6 Å².